The molecule has 1 atom stereocenters. The molecule has 4 fully saturated rings. The van der Waals surface area contributed by atoms with Crippen LogP contribution in [0.4, 0.5) is 0 Å². The zero-order valence-electron chi connectivity index (χ0n) is 17.5. The highest BCUT2D eigenvalue weighted by Crippen LogP contribution is 2.58. The number of nitrogens with one attached hydrogen (secondary N) is 2. The van der Waals surface area contributed by atoms with Crippen molar-refractivity contribution in [1.82, 2.24) is 20.4 Å². The number of halogens is 2. The van der Waals surface area contributed by atoms with E-state index < -0.39 is 0 Å². The summed E-state index contributed by atoms with van der Waals surface area (Å²) in [4.78, 5) is 29.5. The fraction of sp³-hybridized carbons (Fsp3) is 0.905. The van der Waals surface area contributed by atoms with E-state index in [1.54, 1.807) is 0 Å². The summed E-state index contributed by atoms with van der Waals surface area (Å²) in [6.07, 6.45) is 9.30. The smallest absolute Gasteiger partial charge is 0.225 e. The zero-order chi connectivity index (χ0) is 18.7. The molecule has 0 bridgehead atoms. The summed E-state index contributed by atoms with van der Waals surface area (Å²) in [6, 6.07) is 0. The Morgan fingerprint density at radius 1 is 0.966 bits per heavy atom. The molecule has 4 rings (SSSR count). The molecule has 2 saturated heterocycles. The van der Waals surface area contributed by atoms with E-state index in [-0.39, 0.29) is 42.6 Å². The number of piperidine rings is 1. The van der Waals surface area contributed by atoms with Crippen LogP contribution in [0.3, 0.4) is 0 Å². The molecule has 2 heterocycles. The highest BCUT2D eigenvalue weighted by atomic mass is 35.5. The number of nitrogens with zero attached hydrogens (tertiary/aromatic N) is 2. The van der Waals surface area contributed by atoms with Crippen molar-refractivity contribution in [3.05, 3.63) is 0 Å². The van der Waals surface area contributed by atoms with Crippen molar-refractivity contribution in [1.29, 1.82) is 0 Å². The van der Waals surface area contributed by atoms with Crippen LogP contribution in [0.1, 0.15) is 51.4 Å². The Morgan fingerprint density at radius 3 is 2.28 bits per heavy atom. The molecule has 2 N–H and O–H groups in total. The van der Waals surface area contributed by atoms with Gasteiger partial charge in [-0.2, -0.15) is 0 Å². The average molecular weight is 449 g/mol. The fourth-order valence-electron chi connectivity index (χ4n) is 5.46. The minimum Gasteiger partial charge on any atom is -0.355 e. The number of rotatable bonds is 5. The molecule has 0 radical (unpaired) electrons. The van der Waals surface area contributed by atoms with E-state index in [1.165, 1.54) is 19.3 Å². The Hall–Kier alpha value is -0.560. The van der Waals surface area contributed by atoms with Crippen molar-refractivity contribution < 1.29 is 9.59 Å². The second-order valence-corrected chi connectivity index (χ2v) is 9.16. The summed E-state index contributed by atoms with van der Waals surface area (Å²) in [5, 5.41) is 6.56. The topological polar surface area (TPSA) is 64.7 Å². The second kappa shape index (κ2) is 11.2. The van der Waals surface area contributed by atoms with Crippen LogP contribution in [0, 0.1) is 17.3 Å². The third kappa shape index (κ3) is 5.99. The minimum absolute atomic E-state index is 0. The van der Waals surface area contributed by atoms with Gasteiger partial charge in [0.2, 0.25) is 11.8 Å². The zero-order valence-corrected chi connectivity index (χ0v) is 19.1. The van der Waals surface area contributed by atoms with Crippen molar-refractivity contribution in [3.8, 4) is 0 Å². The van der Waals surface area contributed by atoms with Gasteiger partial charge in [-0.1, -0.05) is 19.3 Å². The molecule has 0 aromatic rings. The van der Waals surface area contributed by atoms with Gasteiger partial charge in [0.1, 0.15) is 0 Å². The third-order valence-electron chi connectivity index (χ3n) is 7.47. The molecule has 2 saturated carbocycles. The lowest BCUT2D eigenvalue weighted by molar-refractivity contribution is -0.138. The molecule has 2 amide bonds. The quantitative estimate of drug-likeness (QED) is 0.675. The van der Waals surface area contributed by atoms with Gasteiger partial charge in [-0.25, -0.2) is 0 Å². The average Bonchev–Trinajstić information content (AvgIpc) is 3.42. The molecule has 0 aromatic carbocycles. The second-order valence-electron chi connectivity index (χ2n) is 9.16. The molecule has 1 unspecified atom stereocenters. The van der Waals surface area contributed by atoms with Crippen molar-refractivity contribution in [2.24, 2.45) is 17.3 Å². The fourth-order valence-corrected chi connectivity index (χ4v) is 5.46. The van der Waals surface area contributed by atoms with E-state index >= 15 is 0 Å². The van der Waals surface area contributed by atoms with Gasteiger partial charge in [0, 0.05) is 51.1 Å². The van der Waals surface area contributed by atoms with E-state index in [9.17, 15) is 9.59 Å². The summed E-state index contributed by atoms with van der Waals surface area (Å²) < 4.78 is 0. The van der Waals surface area contributed by atoms with Gasteiger partial charge in [-0.05, 0) is 50.6 Å². The molecule has 6 nitrogen and oxygen atoms in total. The van der Waals surface area contributed by atoms with Crippen LogP contribution in [0.5, 0.6) is 0 Å². The molecule has 2 aliphatic heterocycles. The summed E-state index contributed by atoms with van der Waals surface area (Å²) in [5.74, 6) is 1.20. The van der Waals surface area contributed by atoms with Crippen molar-refractivity contribution in [2.45, 2.75) is 51.4 Å². The molecular weight excluding hydrogens is 411 g/mol. The number of amides is 2. The van der Waals surface area contributed by atoms with Gasteiger partial charge in [-0.15, -0.1) is 24.8 Å². The first-order chi connectivity index (χ1) is 13.2. The maximum absolute atomic E-state index is 12.6. The lowest BCUT2D eigenvalue weighted by Gasteiger charge is -2.37. The van der Waals surface area contributed by atoms with Crippen molar-refractivity contribution in [2.75, 3.05) is 52.4 Å². The predicted octanol–water partition coefficient (Wildman–Crippen LogP) is 2.06. The molecule has 2 aliphatic carbocycles. The Balaban J connectivity index is 0.00000150. The van der Waals surface area contributed by atoms with Crippen LogP contribution in [0.25, 0.3) is 0 Å². The number of hydrogen-bond acceptors (Lipinski definition) is 4. The number of hydrogen-bond donors (Lipinski definition) is 2. The Labute approximate surface area is 187 Å². The van der Waals surface area contributed by atoms with Gasteiger partial charge >= 0.3 is 0 Å². The Morgan fingerprint density at radius 2 is 1.62 bits per heavy atom. The number of carbonyl (C=O) groups excluding carboxylic acids is 2. The first-order valence-electron chi connectivity index (χ1n) is 11.2. The van der Waals surface area contributed by atoms with Crippen LogP contribution in [0.2, 0.25) is 0 Å². The Bertz CT molecular complexity index is 543. The first kappa shape index (κ1) is 24.7. The summed E-state index contributed by atoms with van der Waals surface area (Å²) >= 11 is 0. The number of carbonyl (C=O) groups is 2. The monoisotopic (exact) mass is 448 g/mol. The van der Waals surface area contributed by atoms with Crippen LogP contribution >= 0.6 is 24.8 Å². The molecule has 8 heteroatoms. The lowest BCUT2D eigenvalue weighted by Crippen LogP contribution is -2.51. The van der Waals surface area contributed by atoms with Crippen LogP contribution < -0.4 is 10.6 Å². The van der Waals surface area contributed by atoms with Gasteiger partial charge < -0.3 is 15.5 Å². The highest BCUT2D eigenvalue weighted by Gasteiger charge is 2.57. The predicted molar refractivity (Wildman–Crippen MR) is 120 cm³/mol. The van der Waals surface area contributed by atoms with Gasteiger partial charge in [-0.3, -0.25) is 14.5 Å². The largest absolute Gasteiger partial charge is 0.355 e. The molecule has 168 valence electrons. The van der Waals surface area contributed by atoms with Gasteiger partial charge in [0.05, 0.1) is 0 Å². The van der Waals surface area contributed by atoms with Crippen LogP contribution in [-0.4, -0.2) is 74.0 Å². The van der Waals surface area contributed by atoms with Gasteiger partial charge in [0.15, 0.2) is 0 Å². The van der Waals surface area contributed by atoms with E-state index in [2.05, 4.69) is 20.4 Å². The highest BCUT2D eigenvalue weighted by molar-refractivity contribution is 5.85. The normalized spacial score (nSPS) is 26.9. The van der Waals surface area contributed by atoms with E-state index in [0.29, 0.717) is 11.3 Å². The van der Waals surface area contributed by atoms with E-state index in [0.717, 1.165) is 84.5 Å². The van der Waals surface area contributed by atoms with E-state index in [4.69, 9.17) is 0 Å². The third-order valence-corrected chi connectivity index (χ3v) is 7.47. The van der Waals surface area contributed by atoms with Crippen LogP contribution in [0.15, 0.2) is 0 Å². The lowest BCUT2D eigenvalue weighted by atomic mass is 9.88. The molecular formula is C21H38Cl2N4O2. The molecule has 1 spiro atoms. The van der Waals surface area contributed by atoms with E-state index in [1.807, 2.05) is 0 Å². The van der Waals surface area contributed by atoms with Crippen molar-refractivity contribution in [3.63, 3.8) is 0 Å². The summed E-state index contributed by atoms with van der Waals surface area (Å²) in [5.41, 5.74) is 0.320. The maximum atomic E-state index is 12.6. The number of piperazine rings is 1. The SMILES string of the molecule is Cl.Cl.O=C(NCCN1CCN(C(=O)C2CCCCC2)CC1)C1CC12CCNCC2. The summed E-state index contributed by atoms with van der Waals surface area (Å²) in [6.45, 7) is 7.34. The molecule has 29 heavy (non-hydrogen) atoms. The molecule has 4 aliphatic rings. The molecule has 0 aromatic heterocycles. The van der Waals surface area contributed by atoms with Gasteiger partial charge in [0.25, 0.3) is 0 Å². The summed E-state index contributed by atoms with van der Waals surface area (Å²) in [7, 11) is 0. The Kier molecular flexibility index (Phi) is 9.52. The first-order valence-corrected chi connectivity index (χ1v) is 11.2. The minimum atomic E-state index is 0. The van der Waals surface area contributed by atoms with Crippen molar-refractivity contribution >= 4 is 36.6 Å². The maximum Gasteiger partial charge on any atom is 0.225 e. The standard InChI is InChI=1S/C21H36N4O2.2ClH/c26-19(18-16-21(18)6-8-22-9-7-21)23-10-11-24-12-14-25(15-13-24)20(27)17-4-2-1-3-5-17;;/h17-18,22H,1-16H2,(H,23,26);2*1H. The van der Waals surface area contributed by atoms with Crippen LogP contribution in [-0.2, 0) is 9.59 Å².